The van der Waals surface area contributed by atoms with E-state index in [2.05, 4.69) is 204 Å². The molecule has 3 nitrogen and oxygen atoms in total. The van der Waals surface area contributed by atoms with Crippen LogP contribution in [0.5, 0.6) is 0 Å². The molecule has 0 aliphatic carbocycles. The number of furan rings is 1. The fraction of sp³-hybridized carbons (Fsp3) is 0. The molecule has 0 unspecified atom stereocenters. The fourth-order valence-electron chi connectivity index (χ4n) is 7.05. The van der Waals surface area contributed by atoms with Gasteiger partial charge in [0.05, 0.1) is 11.1 Å². The van der Waals surface area contributed by atoms with Gasteiger partial charge in [-0.05, 0) is 101 Å². The van der Waals surface area contributed by atoms with Gasteiger partial charge in [0, 0.05) is 33.8 Å². The van der Waals surface area contributed by atoms with E-state index in [0.29, 0.717) is 0 Å². The van der Waals surface area contributed by atoms with Gasteiger partial charge in [-0.25, -0.2) is 0 Å². The van der Waals surface area contributed by atoms with Crippen molar-refractivity contribution in [3.8, 4) is 22.3 Å². The minimum absolute atomic E-state index is 0.866. The van der Waals surface area contributed by atoms with Crippen molar-refractivity contribution in [1.82, 2.24) is 0 Å². The zero-order valence-corrected chi connectivity index (χ0v) is 27.9. The molecule has 8 aromatic carbocycles. The first kappa shape index (κ1) is 30.2. The Labute approximate surface area is 297 Å². The van der Waals surface area contributed by atoms with E-state index in [1.165, 1.54) is 11.1 Å². The second-order valence-corrected chi connectivity index (χ2v) is 12.6. The van der Waals surface area contributed by atoms with Crippen molar-refractivity contribution >= 4 is 56.1 Å². The van der Waals surface area contributed by atoms with E-state index < -0.39 is 0 Å². The second-order valence-electron chi connectivity index (χ2n) is 12.6. The summed E-state index contributed by atoms with van der Waals surface area (Å²) in [5, 5.41) is 2.19. The Morgan fingerprint density at radius 3 is 1.39 bits per heavy atom. The van der Waals surface area contributed by atoms with Crippen molar-refractivity contribution in [3.05, 3.63) is 206 Å². The molecule has 0 N–H and O–H groups in total. The molecule has 0 saturated carbocycles. The highest BCUT2D eigenvalue weighted by Crippen LogP contribution is 2.44. The van der Waals surface area contributed by atoms with Crippen LogP contribution in [-0.2, 0) is 0 Å². The zero-order chi connectivity index (χ0) is 34.0. The maximum absolute atomic E-state index is 6.36. The molecule has 3 heteroatoms. The molecule has 0 spiro atoms. The minimum atomic E-state index is 0.866. The van der Waals surface area contributed by atoms with Crippen molar-refractivity contribution in [3.63, 3.8) is 0 Å². The Kier molecular flexibility index (Phi) is 7.84. The lowest BCUT2D eigenvalue weighted by Gasteiger charge is -2.27. The molecular weight excluding hydrogens is 621 g/mol. The largest absolute Gasteiger partial charge is 0.456 e. The molecule has 1 aromatic heterocycles. The average molecular weight is 655 g/mol. The Balaban J connectivity index is 1.18. The van der Waals surface area contributed by atoms with Crippen LogP contribution < -0.4 is 9.80 Å². The van der Waals surface area contributed by atoms with Crippen molar-refractivity contribution in [2.24, 2.45) is 0 Å². The topological polar surface area (TPSA) is 19.6 Å². The monoisotopic (exact) mass is 654 g/mol. The zero-order valence-electron chi connectivity index (χ0n) is 27.9. The maximum atomic E-state index is 6.36. The third kappa shape index (κ3) is 5.81. The molecule has 242 valence electrons. The van der Waals surface area contributed by atoms with Gasteiger partial charge in [-0.15, -0.1) is 0 Å². The van der Waals surface area contributed by atoms with Crippen molar-refractivity contribution in [2.45, 2.75) is 0 Å². The van der Waals surface area contributed by atoms with Gasteiger partial charge >= 0.3 is 0 Å². The quantitative estimate of drug-likeness (QED) is 0.163. The van der Waals surface area contributed by atoms with E-state index in [4.69, 9.17) is 4.42 Å². The molecular formula is C48H34N2O. The fourth-order valence-corrected chi connectivity index (χ4v) is 7.05. The molecule has 9 rings (SSSR count). The van der Waals surface area contributed by atoms with Gasteiger partial charge in [-0.2, -0.15) is 0 Å². The number of hydrogen-bond acceptors (Lipinski definition) is 3. The normalized spacial score (nSPS) is 11.1. The molecule has 9 aromatic rings. The summed E-state index contributed by atoms with van der Waals surface area (Å²) in [6.45, 7) is 0. The number of fused-ring (bicyclic) bond motifs is 3. The number of benzene rings is 8. The standard InChI is InChI=1S/C48H34N2O/c1-4-15-35(16-5-1)36-29-31-41(32-30-36)50(45-26-14-28-47-48(45)44-25-10-11-27-46(44)51-47)43-24-13-18-38(34-43)37-17-12-23-42(33-37)49(39-19-6-2-7-20-39)40-21-8-3-9-22-40/h1-34H. The van der Waals surface area contributed by atoms with Crippen molar-refractivity contribution in [2.75, 3.05) is 9.80 Å². The van der Waals surface area contributed by atoms with E-state index in [0.717, 1.165) is 67.2 Å². The van der Waals surface area contributed by atoms with Crippen LogP contribution >= 0.6 is 0 Å². The first-order chi connectivity index (χ1) is 25.3. The Hall–Kier alpha value is -6.84. The summed E-state index contributed by atoms with van der Waals surface area (Å²) in [6, 6.07) is 72.7. The Morgan fingerprint density at radius 1 is 0.294 bits per heavy atom. The first-order valence-electron chi connectivity index (χ1n) is 17.3. The van der Waals surface area contributed by atoms with Gasteiger partial charge in [0.2, 0.25) is 0 Å². The van der Waals surface area contributed by atoms with E-state index in [1.807, 2.05) is 12.1 Å². The van der Waals surface area contributed by atoms with Gasteiger partial charge in [-0.3, -0.25) is 0 Å². The van der Waals surface area contributed by atoms with Crippen LogP contribution in [0.4, 0.5) is 34.1 Å². The molecule has 0 amide bonds. The summed E-state index contributed by atoms with van der Waals surface area (Å²) in [5.41, 5.74) is 12.9. The highest BCUT2D eigenvalue weighted by Gasteiger charge is 2.20. The van der Waals surface area contributed by atoms with Crippen molar-refractivity contribution < 1.29 is 4.42 Å². The third-order valence-electron chi connectivity index (χ3n) is 9.42. The number of hydrogen-bond donors (Lipinski definition) is 0. The smallest absolute Gasteiger partial charge is 0.137 e. The van der Waals surface area contributed by atoms with Crippen LogP contribution in [0.3, 0.4) is 0 Å². The van der Waals surface area contributed by atoms with Crippen LogP contribution in [0.2, 0.25) is 0 Å². The minimum Gasteiger partial charge on any atom is -0.456 e. The first-order valence-corrected chi connectivity index (χ1v) is 17.3. The van der Waals surface area contributed by atoms with Gasteiger partial charge in [0.1, 0.15) is 11.2 Å². The van der Waals surface area contributed by atoms with Crippen LogP contribution in [0, 0.1) is 0 Å². The summed E-state index contributed by atoms with van der Waals surface area (Å²) in [7, 11) is 0. The number of para-hydroxylation sites is 3. The summed E-state index contributed by atoms with van der Waals surface area (Å²) in [6.07, 6.45) is 0. The lowest BCUT2D eigenvalue weighted by molar-refractivity contribution is 0.669. The highest BCUT2D eigenvalue weighted by molar-refractivity contribution is 6.13. The SMILES string of the molecule is c1ccc(-c2ccc(N(c3cccc(-c4cccc(N(c5ccccc5)c5ccccc5)c4)c3)c3cccc4oc5ccccc5c34)cc2)cc1. The summed E-state index contributed by atoms with van der Waals surface area (Å²) >= 11 is 0. The number of nitrogens with zero attached hydrogens (tertiary/aromatic N) is 2. The van der Waals surface area contributed by atoms with Crippen LogP contribution in [0.25, 0.3) is 44.2 Å². The maximum Gasteiger partial charge on any atom is 0.137 e. The lowest BCUT2D eigenvalue weighted by Crippen LogP contribution is -2.10. The molecule has 51 heavy (non-hydrogen) atoms. The summed E-state index contributed by atoms with van der Waals surface area (Å²) < 4.78 is 6.36. The van der Waals surface area contributed by atoms with Crippen LogP contribution in [-0.4, -0.2) is 0 Å². The Morgan fingerprint density at radius 2 is 0.745 bits per heavy atom. The van der Waals surface area contributed by atoms with Crippen molar-refractivity contribution in [1.29, 1.82) is 0 Å². The molecule has 0 bridgehead atoms. The highest BCUT2D eigenvalue weighted by atomic mass is 16.3. The van der Waals surface area contributed by atoms with Gasteiger partial charge in [0.15, 0.2) is 0 Å². The molecule has 0 aliphatic rings. The van der Waals surface area contributed by atoms with E-state index >= 15 is 0 Å². The predicted octanol–water partition coefficient (Wildman–Crippen LogP) is 13.9. The molecule has 0 aliphatic heterocycles. The van der Waals surface area contributed by atoms with E-state index in [1.54, 1.807) is 0 Å². The second kappa shape index (κ2) is 13.2. The summed E-state index contributed by atoms with van der Waals surface area (Å²) in [4.78, 5) is 4.66. The van der Waals surface area contributed by atoms with Gasteiger partial charge < -0.3 is 14.2 Å². The summed E-state index contributed by atoms with van der Waals surface area (Å²) in [5.74, 6) is 0. The Bertz CT molecular complexity index is 2540. The van der Waals surface area contributed by atoms with Gasteiger partial charge in [0.25, 0.3) is 0 Å². The molecule has 0 radical (unpaired) electrons. The number of anilines is 6. The lowest BCUT2D eigenvalue weighted by atomic mass is 10.0. The van der Waals surface area contributed by atoms with E-state index in [-0.39, 0.29) is 0 Å². The third-order valence-corrected chi connectivity index (χ3v) is 9.42. The molecule has 1 heterocycles. The predicted molar refractivity (Wildman–Crippen MR) is 214 cm³/mol. The van der Waals surface area contributed by atoms with Crippen LogP contribution in [0.15, 0.2) is 211 Å². The van der Waals surface area contributed by atoms with Crippen LogP contribution in [0.1, 0.15) is 0 Å². The number of rotatable bonds is 8. The molecule has 0 fully saturated rings. The van der Waals surface area contributed by atoms with E-state index in [9.17, 15) is 0 Å². The average Bonchev–Trinajstić information content (AvgIpc) is 3.59. The van der Waals surface area contributed by atoms with Gasteiger partial charge in [-0.1, -0.05) is 127 Å². The molecule has 0 atom stereocenters. The molecule has 0 saturated heterocycles.